The van der Waals surface area contributed by atoms with E-state index in [-0.39, 0.29) is 17.7 Å². The zero-order valence-electron chi connectivity index (χ0n) is 10.1. The van der Waals surface area contributed by atoms with Gasteiger partial charge < -0.3 is 10.2 Å². The molecule has 1 aromatic carbocycles. The second-order valence-electron chi connectivity index (χ2n) is 4.28. The summed E-state index contributed by atoms with van der Waals surface area (Å²) in [5, 5.41) is 19.1. The van der Waals surface area contributed by atoms with Crippen molar-refractivity contribution in [3.05, 3.63) is 39.0 Å². The highest BCUT2D eigenvalue weighted by Crippen LogP contribution is 2.18. The quantitative estimate of drug-likeness (QED) is 0.772. The van der Waals surface area contributed by atoms with Crippen LogP contribution in [0.25, 0.3) is 10.9 Å². The summed E-state index contributed by atoms with van der Waals surface area (Å²) in [7, 11) is 1.52. The van der Waals surface area contributed by atoms with Crippen molar-refractivity contribution >= 4 is 10.9 Å². The topological polar surface area (TPSA) is 84.5 Å². The Hall–Kier alpha value is -2.08. The zero-order chi connectivity index (χ0) is 13.4. The minimum Gasteiger partial charge on any atom is -0.507 e. The summed E-state index contributed by atoms with van der Waals surface area (Å²) in [5.74, 6) is -0.174. The van der Waals surface area contributed by atoms with Crippen molar-refractivity contribution in [1.29, 1.82) is 0 Å². The molecular formula is C12H14N2O4. The third-order valence-electron chi connectivity index (χ3n) is 2.81. The van der Waals surface area contributed by atoms with Gasteiger partial charge in [-0.25, -0.2) is 4.79 Å². The summed E-state index contributed by atoms with van der Waals surface area (Å²) in [6.45, 7) is 1.39. The highest BCUT2D eigenvalue weighted by molar-refractivity contribution is 5.84. The maximum absolute atomic E-state index is 12.1. The van der Waals surface area contributed by atoms with Crippen molar-refractivity contribution in [3.8, 4) is 5.75 Å². The van der Waals surface area contributed by atoms with E-state index in [2.05, 4.69) is 0 Å². The molecule has 0 amide bonds. The smallest absolute Gasteiger partial charge is 0.331 e. The van der Waals surface area contributed by atoms with Gasteiger partial charge in [-0.2, -0.15) is 0 Å². The largest absolute Gasteiger partial charge is 0.507 e. The molecule has 1 aromatic heterocycles. The number of benzene rings is 1. The number of hydrogen-bond donors (Lipinski definition) is 2. The summed E-state index contributed by atoms with van der Waals surface area (Å²) in [6.07, 6.45) is -0.821. The van der Waals surface area contributed by atoms with Gasteiger partial charge >= 0.3 is 5.69 Å². The van der Waals surface area contributed by atoms with E-state index in [9.17, 15) is 19.8 Å². The van der Waals surface area contributed by atoms with Crippen molar-refractivity contribution in [3.63, 3.8) is 0 Å². The first-order valence-electron chi connectivity index (χ1n) is 5.53. The van der Waals surface area contributed by atoms with E-state index in [1.54, 1.807) is 12.1 Å². The lowest BCUT2D eigenvalue weighted by molar-refractivity contribution is 0.170. The van der Waals surface area contributed by atoms with Gasteiger partial charge in [-0.05, 0) is 19.1 Å². The first-order chi connectivity index (χ1) is 8.43. The molecule has 0 fully saturated rings. The van der Waals surface area contributed by atoms with Crippen LogP contribution in [0.3, 0.4) is 0 Å². The fourth-order valence-corrected chi connectivity index (χ4v) is 1.96. The maximum atomic E-state index is 12.1. The van der Waals surface area contributed by atoms with Crippen molar-refractivity contribution in [1.82, 2.24) is 9.13 Å². The van der Waals surface area contributed by atoms with Crippen LogP contribution in [0.15, 0.2) is 27.8 Å². The van der Waals surface area contributed by atoms with Crippen LogP contribution >= 0.6 is 0 Å². The van der Waals surface area contributed by atoms with Crippen LogP contribution in [-0.2, 0) is 13.6 Å². The number of aryl methyl sites for hydroxylation is 1. The Morgan fingerprint density at radius 1 is 1.33 bits per heavy atom. The van der Waals surface area contributed by atoms with Gasteiger partial charge in [0.1, 0.15) is 11.1 Å². The van der Waals surface area contributed by atoms with Gasteiger partial charge in [0.05, 0.1) is 18.2 Å². The fourth-order valence-electron chi connectivity index (χ4n) is 1.96. The standard InChI is InChI=1S/C12H14N2O4/c1-7(15)6-14-11(17)10-8(13(2)12(14)18)4-3-5-9(10)16/h3-5,7,15-16H,6H2,1-2H3. The lowest BCUT2D eigenvalue weighted by Gasteiger charge is -2.12. The van der Waals surface area contributed by atoms with Crippen LogP contribution in [0.4, 0.5) is 0 Å². The number of aliphatic hydroxyl groups excluding tert-OH is 1. The molecule has 2 N–H and O–H groups in total. The third kappa shape index (κ3) is 1.80. The summed E-state index contributed by atoms with van der Waals surface area (Å²) in [6, 6.07) is 4.54. The molecular weight excluding hydrogens is 236 g/mol. The SMILES string of the molecule is CC(O)Cn1c(=O)c2c(O)cccc2n(C)c1=O. The summed E-state index contributed by atoms with van der Waals surface area (Å²) in [5.41, 5.74) is -0.738. The molecule has 6 heteroatoms. The third-order valence-corrected chi connectivity index (χ3v) is 2.81. The first-order valence-corrected chi connectivity index (χ1v) is 5.53. The molecule has 0 bridgehead atoms. The molecule has 2 aromatic rings. The minimum atomic E-state index is -0.821. The number of rotatable bonds is 2. The molecule has 0 aliphatic rings. The normalized spacial score (nSPS) is 12.8. The van der Waals surface area contributed by atoms with Gasteiger partial charge in [0.2, 0.25) is 0 Å². The van der Waals surface area contributed by atoms with Gasteiger partial charge in [0.25, 0.3) is 5.56 Å². The lowest BCUT2D eigenvalue weighted by atomic mass is 10.2. The highest BCUT2D eigenvalue weighted by atomic mass is 16.3. The number of aliphatic hydroxyl groups is 1. The maximum Gasteiger partial charge on any atom is 0.331 e. The Kier molecular flexibility index (Phi) is 2.96. The van der Waals surface area contributed by atoms with Crippen molar-refractivity contribution in [2.24, 2.45) is 7.05 Å². The van der Waals surface area contributed by atoms with Crippen molar-refractivity contribution in [2.45, 2.75) is 19.6 Å². The summed E-state index contributed by atoms with van der Waals surface area (Å²) < 4.78 is 2.20. The second kappa shape index (κ2) is 4.30. The molecule has 1 atom stereocenters. The predicted molar refractivity (Wildman–Crippen MR) is 66.8 cm³/mol. The number of phenols is 1. The van der Waals surface area contributed by atoms with Crippen LogP contribution in [0.2, 0.25) is 0 Å². The van der Waals surface area contributed by atoms with Crippen LogP contribution in [0, 0.1) is 0 Å². The van der Waals surface area contributed by atoms with Crippen LogP contribution < -0.4 is 11.2 Å². The zero-order valence-corrected chi connectivity index (χ0v) is 10.1. The molecule has 0 radical (unpaired) electrons. The second-order valence-corrected chi connectivity index (χ2v) is 4.28. The van der Waals surface area contributed by atoms with E-state index < -0.39 is 17.4 Å². The van der Waals surface area contributed by atoms with Gasteiger partial charge in [-0.1, -0.05) is 6.07 Å². The minimum absolute atomic E-state index is 0.0836. The number of hydrogen-bond acceptors (Lipinski definition) is 4. The molecule has 6 nitrogen and oxygen atoms in total. The van der Waals surface area contributed by atoms with E-state index in [0.717, 1.165) is 4.57 Å². The van der Waals surface area contributed by atoms with E-state index >= 15 is 0 Å². The molecule has 0 aliphatic carbocycles. The Morgan fingerprint density at radius 3 is 2.61 bits per heavy atom. The number of aromatic hydroxyl groups is 1. The molecule has 0 aliphatic heterocycles. The van der Waals surface area contributed by atoms with Crippen LogP contribution in [-0.4, -0.2) is 25.5 Å². The number of fused-ring (bicyclic) bond motifs is 1. The van der Waals surface area contributed by atoms with Gasteiger partial charge in [0, 0.05) is 7.05 Å². The molecule has 2 rings (SSSR count). The summed E-state index contributed by atoms with van der Waals surface area (Å²) >= 11 is 0. The van der Waals surface area contributed by atoms with Crippen molar-refractivity contribution < 1.29 is 10.2 Å². The van der Waals surface area contributed by atoms with Crippen molar-refractivity contribution in [2.75, 3.05) is 0 Å². The average Bonchev–Trinajstić information content (AvgIpc) is 2.31. The van der Waals surface area contributed by atoms with E-state index in [4.69, 9.17) is 0 Å². The monoisotopic (exact) mass is 250 g/mol. The van der Waals surface area contributed by atoms with E-state index in [0.29, 0.717) is 5.52 Å². The Labute approximate surface area is 102 Å². The Morgan fingerprint density at radius 2 is 2.00 bits per heavy atom. The molecule has 18 heavy (non-hydrogen) atoms. The average molecular weight is 250 g/mol. The van der Waals surface area contributed by atoms with E-state index in [1.807, 2.05) is 0 Å². The predicted octanol–water partition coefficient (Wildman–Crippen LogP) is -0.213. The molecule has 0 saturated carbocycles. The molecule has 96 valence electrons. The molecule has 0 spiro atoms. The number of aromatic nitrogens is 2. The number of phenolic OH excluding ortho intramolecular Hbond substituents is 1. The lowest BCUT2D eigenvalue weighted by Crippen LogP contribution is -2.41. The first kappa shape index (κ1) is 12.4. The van der Waals surface area contributed by atoms with Gasteiger partial charge in [-0.3, -0.25) is 13.9 Å². The number of nitrogens with zero attached hydrogens (tertiary/aromatic N) is 2. The van der Waals surface area contributed by atoms with Crippen LogP contribution in [0.1, 0.15) is 6.92 Å². The van der Waals surface area contributed by atoms with Gasteiger partial charge in [-0.15, -0.1) is 0 Å². The molecule has 1 unspecified atom stereocenters. The van der Waals surface area contributed by atoms with Gasteiger partial charge in [0.15, 0.2) is 0 Å². The van der Waals surface area contributed by atoms with E-state index in [1.165, 1.54) is 24.6 Å². The molecule has 0 saturated heterocycles. The fraction of sp³-hybridized carbons (Fsp3) is 0.333. The Bertz CT molecular complexity index is 712. The highest BCUT2D eigenvalue weighted by Gasteiger charge is 2.14. The molecule has 1 heterocycles. The summed E-state index contributed by atoms with van der Waals surface area (Å²) in [4.78, 5) is 24.1. The van der Waals surface area contributed by atoms with Crippen LogP contribution in [0.5, 0.6) is 5.75 Å². The Balaban J connectivity index is 2.94.